The third-order valence-electron chi connectivity index (χ3n) is 2.59. The van der Waals surface area contributed by atoms with Crippen molar-refractivity contribution in [2.45, 2.75) is 39.8 Å². The lowest BCUT2D eigenvalue weighted by Gasteiger charge is -2.18. The van der Waals surface area contributed by atoms with Gasteiger partial charge in [-0.15, -0.1) is 0 Å². The van der Waals surface area contributed by atoms with Crippen LogP contribution < -0.4 is 5.32 Å². The average molecular weight is 207 g/mol. The van der Waals surface area contributed by atoms with Crippen LogP contribution in [0.5, 0.6) is 0 Å². The largest absolute Gasteiger partial charge is 0.389 e. The zero-order chi connectivity index (χ0) is 11.5. The molecule has 1 aromatic rings. The Labute approximate surface area is 92.3 Å². The van der Waals surface area contributed by atoms with Crippen molar-refractivity contribution in [3.63, 3.8) is 0 Å². The van der Waals surface area contributed by atoms with Crippen molar-refractivity contribution in [3.05, 3.63) is 34.9 Å². The summed E-state index contributed by atoms with van der Waals surface area (Å²) >= 11 is 0. The zero-order valence-electron chi connectivity index (χ0n) is 10.1. The van der Waals surface area contributed by atoms with Crippen LogP contribution in [-0.4, -0.2) is 17.3 Å². The Balaban J connectivity index is 2.55. The molecule has 0 aromatic heterocycles. The van der Waals surface area contributed by atoms with E-state index in [1.807, 2.05) is 13.8 Å². The Morgan fingerprint density at radius 1 is 1.27 bits per heavy atom. The van der Waals surface area contributed by atoms with Crippen molar-refractivity contribution >= 4 is 0 Å². The minimum atomic E-state index is -0.641. The molecule has 1 aromatic carbocycles. The van der Waals surface area contributed by atoms with Gasteiger partial charge < -0.3 is 10.4 Å². The van der Waals surface area contributed by atoms with Gasteiger partial charge >= 0.3 is 0 Å². The molecular formula is C13H21NO. The molecule has 0 radical (unpaired) electrons. The molecule has 0 bridgehead atoms. The van der Waals surface area contributed by atoms with Gasteiger partial charge in [0, 0.05) is 13.1 Å². The predicted octanol–water partition coefficient (Wildman–Crippen LogP) is 2.16. The number of benzene rings is 1. The molecule has 0 unspecified atom stereocenters. The van der Waals surface area contributed by atoms with Gasteiger partial charge in [-0.1, -0.05) is 18.2 Å². The molecule has 84 valence electrons. The number of nitrogens with one attached hydrogen (secondary N) is 1. The fraction of sp³-hybridized carbons (Fsp3) is 0.538. The van der Waals surface area contributed by atoms with E-state index in [2.05, 4.69) is 37.4 Å². The summed E-state index contributed by atoms with van der Waals surface area (Å²) in [5, 5.41) is 12.8. The fourth-order valence-electron chi connectivity index (χ4n) is 1.51. The molecule has 0 aliphatic heterocycles. The summed E-state index contributed by atoms with van der Waals surface area (Å²) in [6.45, 7) is 9.30. The summed E-state index contributed by atoms with van der Waals surface area (Å²) in [6.07, 6.45) is 0. The van der Waals surface area contributed by atoms with E-state index in [1.165, 1.54) is 16.7 Å². The lowest BCUT2D eigenvalue weighted by atomic mass is 10.0. The summed E-state index contributed by atoms with van der Waals surface area (Å²) < 4.78 is 0. The van der Waals surface area contributed by atoms with E-state index in [-0.39, 0.29) is 0 Å². The Kier molecular flexibility index (Phi) is 3.89. The highest BCUT2D eigenvalue weighted by molar-refractivity contribution is 5.32. The van der Waals surface area contributed by atoms with Crippen LogP contribution in [-0.2, 0) is 6.54 Å². The van der Waals surface area contributed by atoms with Crippen LogP contribution in [0.1, 0.15) is 30.5 Å². The number of hydrogen-bond donors (Lipinski definition) is 2. The Morgan fingerprint density at radius 2 is 1.93 bits per heavy atom. The van der Waals surface area contributed by atoms with Crippen LogP contribution >= 0.6 is 0 Å². The van der Waals surface area contributed by atoms with Crippen molar-refractivity contribution in [2.75, 3.05) is 6.54 Å². The van der Waals surface area contributed by atoms with Crippen molar-refractivity contribution in [2.24, 2.45) is 0 Å². The lowest BCUT2D eigenvalue weighted by Crippen LogP contribution is -2.34. The van der Waals surface area contributed by atoms with Crippen molar-refractivity contribution < 1.29 is 5.11 Å². The van der Waals surface area contributed by atoms with Gasteiger partial charge in [0.15, 0.2) is 0 Å². The molecule has 0 aliphatic rings. The van der Waals surface area contributed by atoms with Crippen molar-refractivity contribution in [3.8, 4) is 0 Å². The third kappa shape index (κ3) is 4.02. The van der Waals surface area contributed by atoms with Gasteiger partial charge in [-0.2, -0.15) is 0 Å². The highest BCUT2D eigenvalue weighted by Gasteiger charge is 2.11. The molecule has 0 amide bonds. The number of aryl methyl sites for hydroxylation is 1. The van der Waals surface area contributed by atoms with E-state index >= 15 is 0 Å². The van der Waals surface area contributed by atoms with E-state index in [4.69, 9.17) is 0 Å². The second kappa shape index (κ2) is 4.77. The Morgan fingerprint density at radius 3 is 2.53 bits per heavy atom. The fourth-order valence-corrected chi connectivity index (χ4v) is 1.51. The van der Waals surface area contributed by atoms with Crippen molar-refractivity contribution in [1.82, 2.24) is 5.32 Å². The normalized spacial score (nSPS) is 11.8. The first-order valence-corrected chi connectivity index (χ1v) is 5.38. The molecule has 0 aliphatic carbocycles. The lowest BCUT2D eigenvalue weighted by molar-refractivity contribution is 0.0795. The SMILES string of the molecule is Cc1cccc(CNCC(C)(C)O)c1C. The minimum absolute atomic E-state index is 0.611. The van der Waals surface area contributed by atoms with Crippen molar-refractivity contribution in [1.29, 1.82) is 0 Å². The van der Waals surface area contributed by atoms with Crippen LogP contribution in [0.25, 0.3) is 0 Å². The van der Waals surface area contributed by atoms with Gasteiger partial charge in [0.2, 0.25) is 0 Å². The number of hydrogen-bond acceptors (Lipinski definition) is 2. The van der Waals surface area contributed by atoms with Gasteiger partial charge in [-0.05, 0) is 44.4 Å². The molecule has 0 heterocycles. The highest BCUT2D eigenvalue weighted by atomic mass is 16.3. The Bertz CT molecular complexity index is 326. The third-order valence-corrected chi connectivity index (χ3v) is 2.59. The zero-order valence-corrected chi connectivity index (χ0v) is 10.1. The van der Waals surface area contributed by atoms with Gasteiger partial charge in [0.05, 0.1) is 5.60 Å². The molecule has 15 heavy (non-hydrogen) atoms. The van der Waals surface area contributed by atoms with E-state index in [0.717, 1.165) is 6.54 Å². The summed E-state index contributed by atoms with van der Waals surface area (Å²) in [5.41, 5.74) is 3.31. The quantitative estimate of drug-likeness (QED) is 0.793. The second-order valence-electron chi connectivity index (χ2n) is 4.78. The van der Waals surface area contributed by atoms with Gasteiger partial charge in [-0.3, -0.25) is 0 Å². The number of rotatable bonds is 4. The smallest absolute Gasteiger partial charge is 0.0715 e. The summed E-state index contributed by atoms with van der Waals surface area (Å²) in [6, 6.07) is 6.32. The second-order valence-corrected chi connectivity index (χ2v) is 4.78. The van der Waals surface area contributed by atoms with E-state index < -0.39 is 5.60 Å². The van der Waals surface area contributed by atoms with Gasteiger partial charge in [0.25, 0.3) is 0 Å². The summed E-state index contributed by atoms with van der Waals surface area (Å²) in [4.78, 5) is 0. The molecule has 0 spiro atoms. The summed E-state index contributed by atoms with van der Waals surface area (Å²) in [7, 11) is 0. The van der Waals surface area contributed by atoms with Gasteiger partial charge in [0.1, 0.15) is 0 Å². The van der Waals surface area contributed by atoms with Crippen LogP contribution in [0.2, 0.25) is 0 Å². The first-order valence-electron chi connectivity index (χ1n) is 5.38. The maximum atomic E-state index is 9.56. The topological polar surface area (TPSA) is 32.3 Å². The molecule has 0 fully saturated rings. The van der Waals surface area contributed by atoms with Crippen LogP contribution in [0.4, 0.5) is 0 Å². The van der Waals surface area contributed by atoms with E-state index in [9.17, 15) is 5.11 Å². The molecule has 0 atom stereocenters. The molecule has 2 N–H and O–H groups in total. The summed E-state index contributed by atoms with van der Waals surface area (Å²) in [5.74, 6) is 0. The van der Waals surface area contributed by atoms with Crippen LogP contribution in [0, 0.1) is 13.8 Å². The first kappa shape index (κ1) is 12.2. The van der Waals surface area contributed by atoms with Crippen LogP contribution in [0.3, 0.4) is 0 Å². The highest BCUT2D eigenvalue weighted by Crippen LogP contribution is 2.12. The number of aliphatic hydroxyl groups is 1. The maximum Gasteiger partial charge on any atom is 0.0715 e. The minimum Gasteiger partial charge on any atom is -0.389 e. The molecule has 2 nitrogen and oxygen atoms in total. The van der Waals surface area contributed by atoms with Gasteiger partial charge in [-0.25, -0.2) is 0 Å². The predicted molar refractivity (Wildman–Crippen MR) is 63.9 cm³/mol. The molecule has 0 saturated carbocycles. The van der Waals surface area contributed by atoms with Crippen LogP contribution in [0.15, 0.2) is 18.2 Å². The standard InChI is InChI=1S/C13H21NO/c1-10-6-5-7-12(11(10)2)8-14-9-13(3,4)15/h5-7,14-15H,8-9H2,1-4H3. The average Bonchev–Trinajstić information content (AvgIpc) is 2.10. The Hall–Kier alpha value is -0.860. The van der Waals surface area contributed by atoms with E-state index in [0.29, 0.717) is 6.54 Å². The van der Waals surface area contributed by atoms with E-state index in [1.54, 1.807) is 0 Å². The maximum absolute atomic E-state index is 9.56. The first-order chi connectivity index (χ1) is 6.90. The monoisotopic (exact) mass is 207 g/mol. The molecule has 2 heteroatoms. The molecule has 0 saturated heterocycles. The molecule has 1 rings (SSSR count). The molecular weight excluding hydrogens is 186 g/mol.